The number of rotatable bonds is 5. The van der Waals surface area contributed by atoms with E-state index in [0.29, 0.717) is 34.6 Å². The van der Waals surface area contributed by atoms with Crippen LogP contribution in [0.25, 0.3) is 0 Å². The summed E-state index contributed by atoms with van der Waals surface area (Å²) in [6, 6.07) is 4.83. The molecule has 1 aliphatic rings. The highest BCUT2D eigenvalue weighted by Crippen LogP contribution is 2.26. The minimum atomic E-state index is -0.187. The lowest BCUT2D eigenvalue weighted by Crippen LogP contribution is -2.43. The molecule has 10 heteroatoms. The Morgan fingerprint density at radius 3 is 2.69 bits per heavy atom. The zero-order chi connectivity index (χ0) is 20.1. The predicted molar refractivity (Wildman–Crippen MR) is 128 cm³/mol. The summed E-state index contributed by atoms with van der Waals surface area (Å²) in [7, 11) is 3.71. The first kappa shape index (κ1) is 23.8. The second-order valence-electron chi connectivity index (χ2n) is 6.74. The SMILES string of the molecule is CN=C(NCCNC(=O)c1ccc(Cl)c(Cl)c1)N1CCC(c2cnn(C)c2)C1.I. The van der Waals surface area contributed by atoms with Crippen LogP contribution < -0.4 is 10.6 Å². The fourth-order valence-electron chi connectivity index (χ4n) is 3.30. The van der Waals surface area contributed by atoms with Gasteiger partial charge in [-0.05, 0) is 30.2 Å². The van der Waals surface area contributed by atoms with E-state index < -0.39 is 0 Å². The van der Waals surface area contributed by atoms with Crippen molar-refractivity contribution in [2.45, 2.75) is 12.3 Å². The van der Waals surface area contributed by atoms with Crippen molar-refractivity contribution in [2.24, 2.45) is 12.0 Å². The number of carbonyl (C=O) groups excluding carboxylic acids is 1. The number of benzene rings is 1. The number of aliphatic imine (C=N–C) groups is 1. The van der Waals surface area contributed by atoms with Gasteiger partial charge in [0.1, 0.15) is 0 Å². The number of guanidine groups is 1. The maximum Gasteiger partial charge on any atom is 0.251 e. The normalized spacial score (nSPS) is 16.5. The Morgan fingerprint density at radius 1 is 1.28 bits per heavy atom. The Hall–Kier alpha value is -1.52. The van der Waals surface area contributed by atoms with Crippen molar-refractivity contribution < 1.29 is 4.79 Å². The fourth-order valence-corrected chi connectivity index (χ4v) is 3.60. The molecule has 0 spiro atoms. The van der Waals surface area contributed by atoms with Gasteiger partial charge in [0.2, 0.25) is 0 Å². The Bertz CT molecular complexity index is 872. The molecule has 0 bridgehead atoms. The highest BCUT2D eigenvalue weighted by molar-refractivity contribution is 14.0. The average Bonchev–Trinajstić information content (AvgIpc) is 3.33. The molecule has 3 rings (SSSR count). The van der Waals surface area contributed by atoms with E-state index in [2.05, 4.69) is 31.8 Å². The second kappa shape index (κ2) is 11.0. The Morgan fingerprint density at radius 2 is 2.03 bits per heavy atom. The molecule has 2 N–H and O–H groups in total. The number of carbonyl (C=O) groups is 1. The van der Waals surface area contributed by atoms with Crippen LogP contribution in [0.2, 0.25) is 10.0 Å². The van der Waals surface area contributed by atoms with Gasteiger partial charge in [0.15, 0.2) is 5.96 Å². The van der Waals surface area contributed by atoms with Crippen LogP contribution in [-0.2, 0) is 7.05 Å². The zero-order valence-corrected chi connectivity index (χ0v) is 20.2. The van der Waals surface area contributed by atoms with Crippen molar-refractivity contribution in [3.63, 3.8) is 0 Å². The van der Waals surface area contributed by atoms with Crippen LogP contribution in [0.4, 0.5) is 0 Å². The van der Waals surface area contributed by atoms with Crippen LogP contribution in [-0.4, -0.2) is 59.8 Å². The molecule has 1 fully saturated rings. The van der Waals surface area contributed by atoms with E-state index in [1.54, 1.807) is 25.2 Å². The van der Waals surface area contributed by atoms with E-state index >= 15 is 0 Å². The van der Waals surface area contributed by atoms with Gasteiger partial charge in [0.25, 0.3) is 5.91 Å². The highest BCUT2D eigenvalue weighted by atomic mass is 127. The number of halogens is 3. The maximum atomic E-state index is 12.2. The van der Waals surface area contributed by atoms with E-state index in [-0.39, 0.29) is 29.9 Å². The third-order valence-corrected chi connectivity index (χ3v) is 5.51. The van der Waals surface area contributed by atoms with Crippen molar-refractivity contribution in [3.8, 4) is 0 Å². The van der Waals surface area contributed by atoms with Gasteiger partial charge in [-0.25, -0.2) is 0 Å². The summed E-state index contributed by atoms with van der Waals surface area (Å²) < 4.78 is 1.83. The average molecular weight is 551 g/mol. The molecule has 0 radical (unpaired) electrons. The van der Waals surface area contributed by atoms with Gasteiger partial charge < -0.3 is 15.5 Å². The number of nitrogens with one attached hydrogen (secondary N) is 2. The molecule has 1 saturated heterocycles. The van der Waals surface area contributed by atoms with Gasteiger partial charge in [-0.3, -0.25) is 14.5 Å². The molecule has 0 saturated carbocycles. The van der Waals surface area contributed by atoms with Gasteiger partial charge in [-0.1, -0.05) is 23.2 Å². The number of hydrogen-bond acceptors (Lipinski definition) is 3. The first-order chi connectivity index (χ1) is 13.5. The lowest BCUT2D eigenvalue weighted by atomic mass is 10.0. The van der Waals surface area contributed by atoms with Crippen molar-refractivity contribution in [3.05, 3.63) is 51.8 Å². The maximum absolute atomic E-state index is 12.2. The summed E-state index contributed by atoms with van der Waals surface area (Å²) in [6.45, 7) is 2.89. The molecule has 2 aromatic rings. The molecule has 1 aromatic carbocycles. The molecule has 1 amide bonds. The Labute approximate surface area is 197 Å². The van der Waals surface area contributed by atoms with Gasteiger partial charge in [-0.15, -0.1) is 24.0 Å². The topological polar surface area (TPSA) is 74.6 Å². The highest BCUT2D eigenvalue weighted by Gasteiger charge is 2.26. The lowest BCUT2D eigenvalue weighted by molar-refractivity contribution is 0.0954. The van der Waals surface area contributed by atoms with Crippen molar-refractivity contribution in [2.75, 3.05) is 33.2 Å². The van der Waals surface area contributed by atoms with Gasteiger partial charge >= 0.3 is 0 Å². The molecule has 0 aliphatic carbocycles. The summed E-state index contributed by atoms with van der Waals surface area (Å²) in [5, 5.41) is 11.2. The van der Waals surface area contributed by atoms with Crippen LogP contribution in [0.5, 0.6) is 0 Å². The monoisotopic (exact) mass is 550 g/mol. The quantitative estimate of drug-likeness (QED) is 0.260. The van der Waals surface area contributed by atoms with E-state index in [4.69, 9.17) is 23.2 Å². The molecular formula is C19H25Cl2IN6O. The Kier molecular flexibility index (Phi) is 9.04. The third-order valence-electron chi connectivity index (χ3n) is 4.77. The first-order valence-corrected chi connectivity index (χ1v) is 9.91. The van der Waals surface area contributed by atoms with Crippen LogP contribution >= 0.6 is 47.2 Å². The molecular weight excluding hydrogens is 526 g/mol. The fraction of sp³-hybridized carbons (Fsp3) is 0.421. The van der Waals surface area contributed by atoms with Crippen molar-refractivity contribution >= 4 is 59.0 Å². The zero-order valence-electron chi connectivity index (χ0n) is 16.4. The summed E-state index contributed by atoms with van der Waals surface area (Å²) in [6.07, 6.45) is 5.08. The van der Waals surface area contributed by atoms with Crippen molar-refractivity contribution in [1.82, 2.24) is 25.3 Å². The molecule has 1 aromatic heterocycles. The summed E-state index contributed by atoms with van der Waals surface area (Å²) in [5.41, 5.74) is 1.74. The minimum Gasteiger partial charge on any atom is -0.354 e. The molecule has 7 nitrogen and oxygen atoms in total. The number of amides is 1. The molecule has 29 heavy (non-hydrogen) atoms. The molecule has 1 aliphatic heterocycles. The summed E-state index contributed by atoms with van der Waals surface area (Å²) in [5.74, 6) is 1.12. The van der Waals surface area contributed by atoms with Gasteiger partial charge in [0.05, 0.1) is 16.2 Å². The molecule has 158 valence electrons. The molecule has 1 atom stereocenters. The van der Waals surface area contributed by atoms with Crippen molar-refractivity contribution in [1.29, 1.82) is 0 Å². The summed E-state index contributed by atoms with van der Waals surface area (Å²) in [4.78, 5) is 18.8. The number of aryl methyl sites for hydroxylation is 1. The van der Waals surface area contributed by atoms with E-state index in [1.165, 1.54) is 5.56 Å². The number of aromatic nitrogens is 2. The Balaban J connectivity index is 0.00000300. The van der Waals surface area contributed by atoms with E-state index in [1.807, 2.05) is 17.9 Å². The first-order valence-electron chi connectivity index (χ1n) is 9.15. The van der Waals surface area contributed by atoms with Crippen LogP contribution in [0.3, 0.4) is 0 Å². The number of likely N-dealkylation sites (tertiary alicyclic amines) is 1. The minimum absolute atomic E-state index is 0. The van der Waals surface area contributed by atoms with E-state index in [0.717, 1.165) is 25.5 Å². The second-order valence-corrected chi connectivity index (χ2v) is 7.55. The third kappa shape index (κ3) is 6.23. The predicted octanol–water partition coefficient (Wildman–Crippen LogP) is 3.14. The number of hydrogen-bond donors (Lipinski definition) is 2. The largest absolute Gasteiger partial charge is 0.354 e. The standard InChI is InChI=1S/C19H24Cl2N6O.HI/c1-22-19(27-8-5-14(12-27)15-10-25-26(2)11-15)24-7-6-23-18(28)13-3-4-16(20)17(21)9-13;/h3-4,9-11,14H,5-8,12H2,1-2H3,(H,22,24)(H,23,28);1H. The van der Waals surface area contributed by atoms with Crippen LogP contribution in [0.15, 0.2) is 35.6 Å². The van der Waals surface area contributed by atoms with Crippen LogP contribution in [0.1, 0.15) is 28.3 Å². The van der Waals surface area contributed by atoms with Gasteiger partial charge in [0, 0.05) is 58.0 Å². The van der Waals surface area contributed by atoms with Gasteiger partial charge in [-0.2, -0.15) is 5.10 Å². The lowest BCUT2D eigenvalue weighted by Gasteiger charge is -2.21. The molecule has 1 unspecified atom stereocenters. The number of nitrogens with zero attached hydrogens (tertiary/aromatic N) is 4. The van der Waals surface area contributed by atoms with E-state index in [9.17, 15) is 4.79 Å². The van der Waals surface area contributed by atoms with Crippen LogP contribution in [0, 0.1) is 0 Å². The summed E-state index contributed by atoms with van der Waals surface area (Å²) >= 11 is 11.8. The smallest absolute Gasteiger partial charge is 0.251 e. The molecule has 2 heterocycles.